The molecule has 2 aliphatic rings. The molecule has 0 spiro atoms. The van der Waals surface area contributed by atoms with Gasteiger partial charge in [0.2, 0.25) is 0 Å². The summed E-state index contributed by atoms with van der Waals surface area (Å²) in [7, 11) is 0. The van der Waals surface area contributed by atoms with Crippen LogP contribution in [0.5, 0.6) is 0 Å². The van der Waals surface area contributed by atoms with E-state index in [1.165, 1.54) is 23.3 Å². The zero-order valence-corrected chi connectivity index (χ0v) is 14.1. The summed E-state index contributed by atoms with van der Waals surface area (Å²) in [5.41, 5.74) is 1.83. The van der Waals surface area contributed by atoms with E-state index in [1.54, 1.807) is 0 Å². The maximum Gasteiger partial charge on any atom is 0.416 e. The molecule has 0 bridgehead atoms. The number of ether oxygens (including phenoxy) is 1. The normalized spacial score (nSPS) is 24.4. The molecule has 1 atom stereocenters. The van der Waals surface area contributed by atoms with Gasteiger partial charge in [-0.2, -0.15) is 13.2 Å². The first-order valence-corrected chi connectivity index (χ1v) is 8.23. The summed E-state index contributed by atoms with van der Waals surface area (Å²) >= 11 is 0. The SMILES string of the molecule is CCC(OC1=CC=C(C(F)(F)F)C=CC1)/C1=C(\C)C/C=C\C=CC1. The van der Waals surface area contributed by atoms with Gasteiger partial charge in [-0.3, -0.25) is 0 Å². The van der Waals surface area contributed by atoms with E-state index >= 15 is 0 Å². The van der Waals surface area contributed by atoms with Crippen molar-refractivity contribution < 1.29 is 17.9 Å². The first-order chi connectivity index (χ1) is 11.4. The maximum atomic E-state index is 12.8. The zero-order chi connectivity index (χ0) is 17.6. The third-order valence-electron chi connectivity index (χ3n) is 4.14. The number of halogens is 3. The minimum absolute atomic E-state index is 0.110. The molecule has 2 rings (SSSR count). The maximum absolute atomic E-state index is 12.8. The molecule has 4 heteroatoms. The number of allylic oxidation sites excluding steroid dienone is 10. The van der Waals surface area contributed by atoms with Crippen molar-refractivity contribution in [2.75, 3.05) is 0 Å². The molecule has 2 aliphatic carbocycles. The Hall–Kier alpha value is -1.97. The summed E-state index contributed by atoms with van der Waals surface area (Å²) in [6.07, 6.45) is 11.8. The Morgan fingerprint density at radius 1 is 1.04 bits per heavy atom. The minimum Gasteiger partial charge on any atom is -0.490 e. The van der Waals surface area contributed by atoms with Crippen molar-refractivity contribution in [3.8, 4) is 0 Å². The van der Waals surface area contributed by atoms with E-state index in [-0.39, 0.29) is 6.10 Å². The van der Waals surface area contributed by atoms with Gasteiger partial charge in [0.05, 0.1) is 5.57 Å². The van der Waals surface area contributed by atoms with Gasteiger partial charge in [0.15, 0.2) is 0 Å². The quantitative estimate of drug-likeness (QED) is 0.545. The molecular formula is C20H23F3O. The van der Waals surface area contributed by atoms with Crippen molar-refractivity contribution in [3.63, 3.8) is 0 Å². The van der Waals surface area contributed by atoms with Crippen LogP contribution in [0.1, 0.15) is 39.5 Å². The predicted molar refractivity (Wildman–Crippen MR) is 91.4 cm³/mol. The smallest absolute Gasteiger partial charge is 0.416 e. The summed E-state index contributed by atoms with van der Waals surface area (Å²) in [4.78, 5) is 0. The molecule has 0 saturated carbocycles. The van der Waals surface area contributed by atoms with Crippen LogP contribution in [0.4, 0.5) is 13.2 Å². The van der Waals surface area contributed by atoms with Gasteiger partial charge in [-0.1, -0.05) is 49.0 Å². The van der Waals surface area contributed by atoms with Gasteiger partial charge in [0.25, 0.3) is 0 Å². The van der Waals surface area contributed by atoms with Gasteiger partial charge in [0.1, 0.15) is 11.9 Å². The van der Waals surface area contributed by atoms with Crippen LogP contribution in [0.25, 0.3) is 0 Å². The Morgan fingerprint density at radius 2 is 1.75 bits per heavy atom. The third kappa shape index (κ3) is 5.02. The van der Waals surface area contributed by atoms with Gasteiger partial charge < -0.3 is 4.74 Å². The molecule has 0 aromatic carbocycles. The fourth-order valence-corrected chi connectivity index (χ4v) is 2.78. The fourth-order valence-electron chi connectivity index (χ4n) is 2.78. The molecule has 0 aromatic heterocycles. The molecule has 0 aliphatic heterocycles. The second kappa shape index (κ2) is 8.22. The monoisotopic (exact) mass is 336 g/mol. The number of alkyl halides is 3. The molecule has 1 unspecified atom stereocenters. The average molecular weight is 336 g/mol. The first-order valence-electron chi connectivity index (χ1n) is 8.23. The summed E-state index contributed by atoms with van der Waals surface area (Å²) in [5, 5.41) is 0. The van der Waals surface area contributed by atoms with Crippen LogP contribution >= 0.6 is 0 Å². The average Bonchev–Trinajstić information content (AvgIpc) is 2.75. The Labute approximate surface area is 141 Å². The molecule has 0 N–H and O–H groups in total. The lowest BCUT2D eigenvalue weighted by Crippen LogP contribution is -2.16. The van der Waals surface area contributed by atoms with Gasteiger partial charge in [0, 0.05) is 6.42 Å². The van der Waals surface area contributed by atoms with Gasteiger partial charge in [-0.15, -0.1) is 0 Å². The van der Waals surface area contributed by atoms with Crippen molar-refractivity contribution in [1.82, 2.24) is 0 Å². The molecule has 0 aromatic rings. The zero-order valence-electron chi connectivity index (χ0n) is 14.1. The summed E-state index contributed by atoms with van der Waals surface area (Å²) in [6, 6.07) is 0. The second-order valence-electron chi connectivity index (χ2n) is 5.94. The molecule has 130 valence electrons. The molecule has 24 heavy (non-hydrogen) atoms. The standard InChI is InChI=1S/C20H23F3O/c1-3-19(18-12-7-5-4-6-9-15(18)2)24-17-11-8-10-16(13-14-17)20(21,22)23/h4-8,10,13-14,19H,3,9,11-12H2,1-2H3/b6-4-,7-5?,18-15+. The summed E-state index contributed by atoms with van der Waals surface area (Å²) < 4.78 is 44.4. The highest BCUT2D eigenvalue weighted by molar-refractivity contribution is 5.33. The Kier molecular flexibility index (Phi) is 6.29. The van der Waals surface area contributed by atoms with E-state index in [9.17, 15) is 13.2 Å². The first kappa shape index (κ1) is 18.4. The van der Waals surface area contributed by atoms with Gasteiger partial charge in [-0.25, -0.2) is 0 Å². The molecule has 1 nitrogen and oxygen atoms in total. The molecule has 0 saturated heterocycles. The van der Waals surface area contributed by atoms with E-state index < -0.39 is 11.7 Å². The predicted octanol–water partition coefficient (Wildman–Crippen LogP) is 6.34. The Balaban J connectivity index is 2.18. The van der Waals surface area contributed by atoms with Gasteiger partial charge >= 0.3 is 6.18 Å². The van der Waals surface area contributed by atoms with E-state index in [1.807, 2.05) is 19.1 Å². The lowest BCUT2D eigenvalue weighted by Gasteiger charge is -2.24. The second-order valence-corrected chi connectivity index (χ2v) is 5.94. The summed E-state index contributed by atoms with van der Waals surface area (Å²) in [5.74, 6) is 0.569. The molecule has 0 amide bonds. The number of hydrogen-bond donors (Lipinski definition) is 0. The van der Waals surface area contributed by atoms with Crippen LogP contribution < -0.4 is 0 Å². The number of hydrogen-bond acceptors (Lipinski definition) is 1. The van der Waals surface area contributed by atoms with Crippen molar-refractivity contribution >= 4 is 0 Å². The largest absolute Gasteiger partial charge is 0.490 e. The minimum atomic E-state index is -4.33. The highest BCUT2D eigenvalue weighted by Gasteiger charge is 2.31. The van der Waals surface area contributed by atoms with Crippen LogP contribution in [0.15, 0.2) is 71.1 Å². The van der Waals surface area contributed by atoms with Crippen LogP contribution in [0, 0.1) is 0 Å². The fraction of sp³-hybridized carbons (Fsp3) is 0.400. The van der Waals surface area contributed by atoms with Crippen molar-refractivity contribution in [1.29, 1.82) is 0 Å². The summed E-state index contributed by atoms with van der Waals surface area (Å²) in [6.45, 7) is 4.13. The number of rotatable bonds is 4. The lowest BCUT2D eigenvalue weighted by atomic mass is 9.95. The van der Waals surface area contributed by atoms with Crippen LogP contribution in [-0.2, 0) is 4.74 Å². The Morgan fingerprint density at radius 3 is 2.42 bits per heavy atom. The molecule has 0 heterocycles. The van der Waals surface area contributed by atoms with E-state index in [2.05, 4.69) is 19.1 Å². The van der Waals surface area contributed by atoms with Crippen LogP contribution in [0.2, 0.25) is 0 Å². The van der Waals surface area contributed by atoms with E-state index in [4.69, 9.17) is 4.74 Å². The van der Waals surface area contributed by atoms with Crippen LogP contribution in [0.3, 0.4) is 0 Å². The molecular weight excluding hydrogens is 313 g/mol. The van der Waals surface area contributed by atoms with E-state index in [0.29, 0.717) is 12.2 Å². The van der Waals surface area contributed by atoms with Gasteiger partial charge in [-0.05, 0) is 43.9 Å². The molecule has 0 radical (unpaired) electrons. The topological polar surface area (TPSA) is 9.23 Å². The highest BCUT2D eigenvalue weighted by atomic mass is 19.4. The molecule has 0 fully saturated rings. The Bertz CT molecular complexity index is 628. The van der Waals surface area contributed by atoms with E-state index in [0.717, 1.165) is 31.4 Å². The highest BCUT2D eigenvalue weighted by Crippen LogP contribution is 2.30. The van der Waals surface area contributed by atoms with Crippen molar-refractivity contribution in [2.24, 2.45) is 0 Å². The van der Waals surface area contributed by atoms with Crippen LogP contribution in [-0.4, -0.2) is 12.3 Å². The van der Waals surface area contributed by atoms with Crippen molar-refractivity contribution in [2.45, 2.75) is 51.8 Å². The van der Waals surface area contributed by atoms with Crippen molar-refractivity contribution in [3.05, 3.63) is 71.1 Å². The third-order valence-corrected chi connectivity index (χ3v) is 4.14. The lowest BCUT2D eigenvalue weighted by molar-refractivity contribution is -0.0881.